The molecule has 8 nitrogen and oxygen atoms in total. The molecule has 9 heteroatoms. The molecule has 0 saturated carbocycles. The summed E-state index contributed by atoms with van der Waals surface area (Å²) in [6, 6.07) is 1.82. The van der Waals surface area contributed by atoms with Crippen molar-refractivity contribution in [2.24, 2.45) is 0 Å². The number of hydrogen-bond donors (Lipinski definition) is 1. The lowest BCUT2D eigenvalue weighted by Gasteiger charge is -2.17. The average molecular weight is 341 g/mol. The molecule has 0 bridgehead atoms. The monoisotopic (exact) mass is 341 g/mol. The first-order chi connectivity index (χ1) is 10.8. The molecule has 0 aliphatic carbocycles. The van der Waals surface area contributed by atoms with E-state index < -0.39 is 10.0 Å². The summed E-state index contributed by atoms with van der Waals surface area (Å²) in [7, 11) is -1.99. The number of hydrogen-bond acceptors (Lipinski definition) is 6. The van der Waals surface area contributed by atoms with Gasteiger partial charge in [-0.15, -0.1) is 0 Å². The summed E-state index contributed by atoms with van der Waals surface area (Å²) in [5.41, 5.74) is 1.56. The van der Waals surface area contributed by atoms with E-state index in [0.717, 1.165) is 47.9 Å². The van der Waals surface area contributed by atoms with E-state index >= 15 is 0 Å². The van der Waals surface area contributed by atoms with Crippen molar-refractivity contribution in [1.82, 2.24) is 19.6 Å². The molecule has 0 radical (unpaired) electrons. The zero-order valence-corrected chi connectivity index (χ0v) is 14.6. The minimum absolute atomic E-state index is 0.206. The maximum Gasteiger partial charge on any atom is 0.235 e. The minimum atomic E-state index is -3.37. The number of nitrogens with zero attached hydrogens (tertiary/aromatic N) is 4. The fourth-order valence-corrected chi connectivity index (χ4v) is 2.68. The summed E-state index contributed by atoms with van der Waals surface area (Å²) in [5, 5.41) is 2.69. The van der Waals surface area contributed by atoms with Crippen LogP contribution >= 0.6 is 0 Å². The van der Waals surface area contributed by atoms with Crippen LogP contribution in [-0.4, -0.2) is 61.5 Å². The van der Waals surface area contributed by atoms with Gasteiger partial charge in [-0.05, 0) is 25.8 Å². The van der Waals surface area contributed by atoms with Crippen molar-refractivity contribution in [3.05, 3.63) is 17.5 Å². The lowest BCUT2D eigenvalue weighted by molar-refractivity contribution is -0.121. The fourth-order valence-electron chi connectivity index (χ4n) is 2.33. The highest BCUT2D eigenvalue weighted by Crippen LogP contribution is 2.16. The third-order valence-electron chi connectivity index (χ3n) is 3.68. The van der Waals surface area contributed by atoms with E-state index in [0.29, 0.717) is 5.95 Å². The summed E-state index contributed by atoms with van der Waals surface area (Å²) in [6.07, 6.45) is 3.35. The van der Waals surface area contributed by atoms with Crippen molar-refractivity contribution in [3.63, 3.8) is 0 Å². The molecule has 1 fully saturated rings. The van der Waals surface area contributed by atoms with Gasteiger partial charge in [-0.1, -0.05) is 0 Å². The Bertz CT molecular complexity index is 671. The summed E-state index contributed by atoms with van der Waals surface area (Å²) < 4.78 is 23.6. The number of carbonyl (C=O) groups is 1. The summed E-state index contributed by atoms with van der Waals surface area (Å²) in [5.74, 6) is 0.330. The van der Waals surface area contributed by atoms with Crippen LogP contribution in [0.15, 0.2) is 6.07 Å². The van der Waals surface area contributed by atoms with E-state index in [-0.39, 0.29) is 19.0 Å². The van der Waals surface area contributed by atoms with Gasteiger partial charge in [0.2, 0.25) is 21.9 Å². The molecular weight excluding hydrogens is 318 g/mol. The van der Waals surface area contributed by atoms with E-state index in [4.69, 9.17) is 0 Å². The van der Waals surface area contributed by atoms with E-state index in [2.05, 4.69) is 20.2 Å². The van der Waals surface area contributed by atoms with Crippen LogP contribution in [0.25, 0.3) is 0 Å². The molecule has 0 atom stereocenters. The summed E-state index contributed by atoms with van der Waals surface area (Å²) >= 11 is 0. The largest absolute Gasteiger partial charge is 0.349 e. The Morgan fingerprint density at radius 1 is 1.35 bits per heavy atom. The van der Waals surface area contributed by atoms with Crippen molar-refractivity contribution >= 4 is 21.9 Å². The van der Waals surface area contributed by atoms with Gasteiger partial charge < -0.3 is 10.2 Å². The van der Waals surface area contributed by atoms with Crippen LogP contribution in [-0.2, 0) is 21.4 Å². The Labute approximate surface area is 137 Å². The number of nitrogens with one attached hydrogen (secondary N) is 1. The molecule has 1 saturated heterocycles. The van der Waals surface area contributed by atoms with Crippen LogP contribution in [0.2, 0.25) is 0 Å². The van der Waals surface area contributed by atoms with Crippen molar-refractivity contribution in [3.8, 4) is 0 Å². The van der Waals surface area contributed by atoms with Gasteiger partial charge >= 0.3 is 0 Å². The number of amides is 1. The van der Waals surface area contributed by atoms with E-state index in [1.807, 2.05) is 13.0 Å². The molecule has 2 heterocycles. The topological polar surface area (TPSA) is 95.5 Å². The maximum absolute atomic E-state index is 11.8. The Morgan fingerprint density at radius 2 is 2.00 bits per heavy atom. The third-order valence-corrected chi connectivity index (χ3v) is 4.94. The molecule has 1 aliphatic heterocycles. The van der Waals surface area contributed by atoms with Gasteiger partial charge in [0.15, 0.2) is 0 Å². The van der Waals surface area contributed by atoms with Gasteiger partial charge in [-0.2, -0.15) is 4.31 Å². The molecule has 1 aromatic rings. The number of aromatic nitrogens is 2. The Hall–Kier alpha value is -1.74. The predicted octanol–water partition coefficient (Wildman–Crippen LogP) is -0.107. The Morgan fingerprint density at radius 3 is 2.61 bits per heavy atom. The highest BCUT2D eigenvalue weighted by atomic mass is 32.2. The van der Waals surface area contributed by atoms with Crippen LogP contribution in [0, 0.1) is 6.92 Å². The maximum atomic E-state index is 11.8. The normalized spacial score (nSPS) is 15.2. The van der Waals surface area contributed by atoms with E-state index in [1.54, 1.807) is 0 Å². The predicted molar refractivity (Wildman–Crippen MR) is 87.5 cm³/mol. The fraction of sp³-hybridized carbons (Fsp3) is 0.643. The van der Waals surface area contributed by atoms with Crippen LogP contribution in [0.3, 0.4) is 0 Å². The molecule has 1 aromatic heterocycles. The number of sulfonamides is 1. The van der Waals surface area contributed by atoms with E-state index in [1.165, 1.54) is 7.05 Å². The number of anilines is 1. The second-order valence-electron chi connectivity index (χ2n) is 5.79. The summed E-state index contributed by atoms with van der Waals surface area (Å²) in [6.45, 7) is 3.84. The minimum Gasteiger partial charge on any atom is -0.349 e. The molecule has 128 valence electrons. The molecule has 0 spiro atoms. The van der Waals surface area contributed by atoms with Crippen LogP contribution in [0.4, 0.5) is 5.95 Å². The lowest BCUT2D eigenvalue weighted by atomic mass is 10.3. The summed E-state index contributed by atoms with van der Waals surface area (Å²) in [4.78, 5) is 22.9. The molecule has 1 amide bonds. The Balaban J connectivity index is 1.96. The van der Waals surface area contributed by atoms with Gasteiger partial charge in [0.1, 0.15) is 0 Å². The molecule has 0 unspecified atom stereocenters. The molecule has 1 aliphatic rings. The second kappa shape index (κ2) is 7.22. The number of likely N-dealkylation sites (N-methyl/N-ethyl adjacent to an activating group) is 1. The van der Waals surface area contributed by atoms with Gasteiger partial charge in [-0.3, -0.25) is 4.79 Å². The van der Waals surface area contributed by atoms with Crippen LogP contribution in [0.1, 0.15) is 24.2 Å². The number of aryl methyl sites for hydroxylation is 1. The van der Waals surface area contributed by atoms with E-state index in [9.17, 15) is 13.2 Å². The highest BCUT2D eigenvalue weighted by molar-refractivity contribution is 7.88. The standard InChI is InChI=1S/C14H23N5O3S/c1-11-8-12(17-14(16-11)19-6-4-5-7-19)9-15-13(20)10-18(2)23(3,21)22/h8H,4-7,9-10H2,1-3H3,(H,15,20). The molecule has 1 N–H and O–H groups in total. The van der Waals surface area contributed by atoms with Crippen molar-refractivity contribution in [2.45, 2.75) is 26.3 Å². The third kappa shape index (κ3) is 5.14. The smallest absolute Gasteiger partial charge is 0.235 e. The van der Waals surface area contributed by atoms with Crippen molar-refractivity contribution in [2.75, 3.05) is 37.8 Å². The Kier molecular flexibility index (Phi) is 5.53. The zero-order valence-electron chi connectivity index (χ0n) is 13.7. The van der Waals surface area contributed by atoms with Gasteiger partial charge in [-0.25, -0.2) is 18.4 Å². The first-order valence-corrected chi connectivity index (χ1v) is 9.38. The van der Waals surface area contributed by atoms with Crippen molar-refractivity contribution in [1.29, 1.82) is 0 Å². The SMILES string of the molecule is Cc1cc(CNC(=O)CN(C)S(C)(=O)=O)nc(N2CCCC2)n1. The lowest BCUT2D eigenvalue weighted by Crippen LogP contribution is -2.37. The highest BCUT2D eigenvalue weighted by Gasteiger charge is 2.17. The number of carbonyl (C=O) groups excluding carboxylic acids is 1. The average Bonchev–Trinajstić information content (AvgIpc) is 2.97. The van der Waals surface area contributed by atoms with Crippen molar-refractivity contribution < 1.29 is 13.2 Å². The number of rotatable bonds is 6. The second-order valence-corrected chi connectivity index (χ2v) is 7.88. The van der Waals surface area contributed by atoms with Crippen LogP contribution in [0.5, 0.6) is 0 Å². The van der Waals surface area contributed by atoms with Crippen LogP contribution < -0.4 is 10.2 Å². The molecule has 2 rings (SSSR count). The first-order valence-electron chi connectivity index (χ1n) is 7.53. The quantitative estimate of drug-likeness (QED) is 0.776. The molecular formula is C14H23N5O3S. The molecule has 0 aromatic carbocycles. The zero-order chi connectivity index (χ0) is 17.0. The van der Waals surface area contributed by atoms with Gasteiger partial charge in [0.25, 0.3) is 0 Å². The molecule has 23 heavy (non-hydrogen) atoms. The van der Waals surface area contributed by atoms with Gasteiger partial charge in [0.05, 0.1) is 25.0 Å². The van der Waals surface area contributed by atoms with Gasteiger partial charge in [0, 0.05) is 25.8 Å². The first kappa shape index (κ1) is 17.6.